The van der Waals surface area contributed by atoms with Crippen molar-refractivity contribution < 1.29 is 4.79 Å². The van der Waals surface area contributed by atoms with E-state index in [2.05, 4.69) is 10.9 Å². The van der Waals surface area contributed by atoms with Crippen LogP contribution < -0.4 is 16.6 Å². The molecule has 0 aliphatic carbocycles. The first-order chi connectivity index (χ1) is 4.29. The van der Waals surface area contributed by atoms with Gasteiger partial charge in [-0.05, 0) is 6.42 Å². The van der Waals surface area contributed by atoms with E-state index >= 15 is 0 Å². The quantitative estimate of drug-likeness (QED) is 0.416. The molecule has 5 nitrogen and oxygen atoms in total. The number of nitrogens with zero attached hydrogens (tertiary/aromatic N) is 1. The van der Waals surface area contributed by atoms with Gasteiger partial charge in [0.15, 0.2) is 0 Å². The van der Waals surface area contributed by atoms with Crippen LogP contribution in [0.3, 0.4) is 0 Å². The van der Waals surface area contributed by atoms with Gasteiger partial charge in [0.1, 0.15) is 0 Å². The van der Waals surface area contributed by atoms with Crippen LogP contribution in [0, 0.1) is 0 Å². The number of carbonyl (C=O) groups excluding carboxylic acids is 1. The minimum absolute atomic E-state index is 0.524. The van der Waals surface area contributed by atoms with E-state index in [4.69, 9.17) is 5.73 Å². The maximum Gasteiger partial charge on any atom is 0.327 e. The zero-order valence-electron chi connectivity index (χ0n) is 5.05. The fourth-order valence-electron chi connectivity index (χ4n) is 0.759. The molecule has 52 valence electrons. The van der Waals surface area contributed by atoms with Gasteiger partial charge in [-0.25, -0.2) is 10.2 Å². The van der Waals surface area contributed by atoms with Gasteiger partial charge in [0, 0.05) is 13.1 Å². The number of hydrogen-bond donors (Lipinski definition) is 3. The molecule has 0 bridgehead atoms. The van der Waals surface area contributed by atoms with Crippen molar-refractivity contribution in [1.82, 2.24) is 16.0 Å². The Labute approximate surface area is 53.1 Å². The summed E-state index contributed by atoms with van der Waals surface area (Å²) in [7, 11) is 0. The Morgan fingerprint density at radius 3 is 3.00 bits per heavy atom. The molecule has 1 saturated heterocycles. The van der Waals surface area contributed by atoms with Gasteiger partial charge in [0.2, 0.25) is 0 Å². The van der Waals surface area contributed by atoms with Crippen molar-refractivity contribution in [3.63, 3.8) is 0 Å². The highest BCUT2D eigenvalue weighted by molar-refractivity contribution is 5.70. The van der Waals surface area contributed by atoms with Gasteiger partial charge >= 0.3 is 6.03 Å². The standard InChI is InChI=1S/C4H10N4O/c5-4(9)7-8-3-1-2-6-8/h6H,1-3H2,(H3,5,7,9). The van der Waals surface area contributed by atoms with E-state index < -0.39 is 6.03 Å². The molecule has 0 atom stereocenters. The van der Waals surface area contributed by atoms with Crippen molar-refractivity contribution in [2.24, 2.45) is 5.73 Å². The molecule has 1 fully saturated rings. The first kappa shape index (κ1) is 6.31. The van der Waals surface area contributed by atoms with Gasteiger partial charge in [-0.3, -0.25) is 5.43 Å². The summed E-state index contributed by atoms with van der Waals surface area (Å²) in [6, 6.07) is -0.524. The number of amides is 2. The second-order valence-corrected chi connectivity index (χ2v) is 1.89. The number of nitrogens with two attached hydrogens (primary N) is 1. The van der Waals surface area contributed by atoms with E-state index in [0.29, 0.717) is 0 Å². The van der Waals surface area contributed by atoms with Gasteiger partial charge in [-0.15, -0.1) is 0 Å². The fourth-order valence-corrected chi connectivity index (χ4v) is 0.759. The number of hydrogen-bond acceptors (Lipinski definition) is 3. The van der Waals surface area contributed by atoms with Crippen molar-refractivity contribution >= 4 is 6.03 Å². The van der Waals surface area contributed by atoms with E-state index in [-0.39, 0.29) is 0 Å². The van der Waals surface area contributed by atoms with Gasteiger partial charge in [-0.1, -0.05) is 0 Å². The summed E-state index contributed by atoms with van der Waals surface area (Å²) in [5.74, 6) is 0. The predicted octanol–water partition coefficient (Wildman–Crippen LogP) is -1.22. The summed E-state index contributed by atoms with van der Waals surface area (Å²) < 4.78 is 0. The second-order valence-electron chi connectivity index (χ2n) is 1.89. The van der Waals surface area contributed by atoms with E-state index in [1.54, 1.807) is 5.12 Å². The number of urea groups is 1. The van der Waals surface area contributed by atoms with Crippen LogP contribution in [0.2, 0.25) is 0 Å². The Hall–Kier alpha value is -0.810. The highest BCUT2D eigenvalue weighted by atomic mass is 16.2. The van der Waals surface area contributed by atoms with Gasteiger partial charge in [-0.2, -0.15) is 5.12 Å². The van der Waals surface area contributed by atoms with Crippen LogP contribution in [0.15, 0.2) is 0 Å². The topological polar surface area (TPSA) is 70.4 Å². The summed E-state index contributed by atoms with van der Waals surface area (Å²) in [4.78, 5) is 10.2. The Kier molecular flexibility index (Phi) is 1.86. The number of rotatable bonds is 1. The van der Waals surface area contributed by atoms with Crippen LogP contribution in [-0.2, 0) is 0 Å². The van der Waals surface area contributed by atoms with Crippen LogP contribution in [0.1, 0.15) is 6.42 Å². The molecule has 0 unspecified atom stereocenters. The van der Waals surface area contributed by atoms with Crippen LogP contribution in [-0.4, -0.2) is 24.2 Å². The summed E-state index contributed by atoms with van der Waals surface area (Å²) in [6.45, 7) is 1.73. The maximum absolute atomic E-state index is 10.2. The van der Waals surface area contributed by atoms with Crippen LogP contribution in [0.4, 0.5) is 4.79 Å². The SMILES string of the molecule is NC(=O)NN1CCCN1. The third kappa shape index (κ3) is 1.87. The van der Waals surface area contributed by atoms with Crippen molar-refractivity contribution in [2.45, 2.75) is 6.42 Å². The van der Waals surface area contributed by atoms with Gasteiger partial charge < -0.3 is 5.73 Å². The smallest absolute Gasteiger partial charge is 0.327 e. The highest BCUT2D eigenvalue weighted by Crippen LogP contribution is 1.89. The van der Waals surface area contributed by atoms with Crippen molar-refractivity contribution in [3.05, 3.63) is 0 Å². The zero-order chi connectivity index (χ0) is 6.69. The summed E-state index contributed by atoms with van der Waals surface area (Å²) in [6.07, 6.45) is 1.04. The van der Waals surface area contributed by atoms with E-state index in [9.17, 15) is 4.79 Å². The van der Waals surface area contributed by atoms with E-state index in [1.807, 2.05) is 0 Å². The summed E-state index contributed by atoms with van der Waals surface area (Å²) in [5.41, 5.74) is 10.2. The Morgan fingerprint density at radius 1 is 1.78 bits per heavy atom. The first-order valence-electron chi connectivity index (χ1n) is 2.86. The molecular weight excluding hydrogens is 120 g/mol. The second kappa shape index (κ2) is 2.65. The number of hydrazine groups is 2. The van der Waals surface area contributed by atoms with Crippen molar-refractivity contribution in [3.8, 4) is 0 Å². The largest absolute Gasteiger partial charge is 0.351 e. The molecule has 1 rings (SSSR count). The molecule has 0 radical (unpaired) electrons. The average molecular weight is 130 g/mol. The monoisotopic (exact) mass is 130 g/mol. The van der Waals surface area contributed by atoms with E-state index in [1.165, 1.54) is 0 Å². The Balaban J connectivity index is 2.19. The zero-order valence-corrected chi connectivity index (χ0v) is 5.05. The molecule has 0 aromatic rings. The molecule has 1 aliphatic heterocycles. The molecule has 2 amide bonds. The van der Waals surface area contributed by atoms with Gasteiger partial charge in [0.05, 0.1) is 0 Å². The minimum atomic E-state index is -0.524. The average Bonchev–Trinajstić information content (AvgIpc) is 2.15. The van der Waals surface area contributed by atoms with Crippen molar-refractivity contribution in [1.29, 1.82) is 0 Å². The first-order valence-corrected chi connectivity index (χ1v) is 2.86. The lowest BCUT2D eigenvalue weighted by atomic mass is 10.5. The summed E-state index contributed by atoms with van der Waals surface area (Å²) >= 11 is 0. The Bertz CT molecular complexity index is 109. The molecule has 0 aromatic carbocycles. The molecule has 1 aliphatic rings. The molecule has 0 aromatic heterocycles. The summed E-state index contributed by atoms with van der Waals surface area (Å²) in [5, 5.41) is 1.59. The molecule has 0 saturated carbocycles. The van der Waals surface area contributed by atoms with Crippen molar-refractivity contribution in [2.75, 3.05) is 13.1 Å². The molecule has 0 spiro atoms. The van der Waals surface area contributed by atoms with Crippen LogP contribution >= 0.6 is 0 Å². The fraction of sp³-hybridized carbons (Fsp3) is 0.750. The van der Waals surface area contributed by atoms with Crippen LogP contribution in [0.25, 0.3) is 0 Å². The van der Waals surface area contributed by atoms with Gasteiger partial charge in [0.25, 0.3) is 0 Å². The molecule has 5 heteroatoms. The van der Waals surface area contributed by atoms with E-state index in [0.717, 1.165) is 19.5 Å². The third-order valence-corrected chi connectivity index (χ3v) is 1.11. The molecule has 4 N–H and O–H groups in total. The molecule has 1 heterocycles. The minimum Gasteiger partial charge on any atom is -0.351 e. The number of carbonyl (C=O) groups is 1. The maximum atomic E-state index is 10.2. The third-order valence-electron chi connectivity index (χ3n) is 1.11. The van der Waals surface area contributed by atoms with Crippen LogP contribution in [0.5, 0.6) is 0 Å². The molecule has 9 heavy (non-hydrogen) atoms. The normalized spacial score (nSPS) is 20.0. The highest BCUT2D eigenvalue weighted by Gasteiger charge is 2.10. The lowest BCUT2D eigenvalue weighted by molar-refractivity contribution is 0.168. The number of primary amides is 1. The molecular formula is C4H10N4O. The number of nitrogens with one attached hydrogen (secondary N) is 2. The predicted molar refractivity (Wildman–Crippen MR) is 32.0 cm³/mol. The Morgan fingerprint density at radius 2 is 2.56 bits per heavy atom. The lowest BCUT2D eigenvalue weighted by Crippen LogP contribution is -2.48. The lowest BCUT2D eigenvalue weighted by Gasteiger charge is -2.13.